The first-order valence-electron chi connectivity index (χ1n) is 11.2. The third-order valence-corrected chi connectivity index (χ3v) is 5.97. The molecule has 1 heterocycles. The topological polar surface area (TPSA) is 154 Å². The summed E-state index contributed by atoms with van der Waals surface area (Å²) in [4.78, 5) is 4.88. The van der Waals surface area contributed by atoms with Crippen LogP contribution in [0, 0.1) is 17.7 Å². The number of aliphatic hydroxyl groups is 1. The number of nitrogens with zero attached hydrogens (tertiary/aromatic N) is 1. The lowest BCUT2D eigenvalue weighted by molar-refractivity contribution is 0.255. The standard InChI is InChI=1S/C26H30N6O2/c1-15-24(34-14-16-3-2-4-19(11-16)26(29)30)22(13-33)21(23(32-15)17-5-6-17)12-31-20-9-7-18(8-10-20)25(27)28/h2-4,7-11,17,31,33H,5-6,12-14H2,1H3,(H3,27,28)(H3,29,30). The minimum absolute atomic E-state index is 0.00854. The number of hydrogen-bond donors (Lipinski definition) is 6. The monoisotopic (exact) mass is 458 g/mol. The van der Waals surface area contributed by atoms with Crippen LogP contribution in [0.5, 0.6) is 5.75 Å². The highest BCUT2D eigenvalue weighted by Crippen LogP contribution is 2.43. The van der Waals surface area contributed by atoms with Gasteiger partial charge in [0, 0.05) is 46.1 Å². The summed E-state index contributed by atoms with van der Waals surface area (Å²) in [6.45, 7) is 2.51. The van der Waals surface area contributed by atoms with Gasteiger partial charge in [-0.05, 0) is 55.7 Å². The average Bonchev–Trinajstić information content (AvgIpc) is 3.67. The average molecular weight is 459 g/mol. The first-order chi connectivity index (χ1) is 16.4. The van der Waals surface area contributed by atoms with Crippen LogP contribution in [0.2, 0.25) is 0 Å². The summed E-state index contributed by atoms with van der Waals surface area (Å²) in [7, 11) is 0. The van der Waals surface area contributed by atoms with E-state index in [2.05, 4.69) is 5.32 Å². The van der Waals surface area contributed by atoms with Crippen molar-refractivity contribution in [2.75, 3.05) is 5.32 Å². The molecule has 34 heavy (non-hydrogen) atoms. The van der Waals surface area contributed by atoms with E-state index in [4.69, 9.17) is 32.0 Å². The van der Waals surface area contributed by atoms with Crippen LogP contribution in [0.4, 0.5) is 5.69 Å². The number of aryl methyl sites for hydroxylation is 1. The van der Waals surface area contributed by atoms with Gasteiger partial charge in [0.1, 0.15) is 24.0 Å². The van der Waals surface area contributed by atoms with E-state index >= 15 is 0 Å². The molecule has 1 fully saturated rings. The number of hydrogen-bond acceptors (Lipinski definition) is 6. The maximum Gasteiger partial charge on any atom is 0.146 e. The predicted molar refractivity (Wildman–Crippen MR) is 133 cm³/mol. The summed E-state index contributed by atoms with van der Waals surface area (Å²) in [6.07, 6.45) is 2.19. The van der Waals surface area contributed by atoms with Crippen molar-refractivity contribution in [2.45, 2.75) is 45.4 Å². The van der Waals surface area contributed by atoms with Crippen LogP contribution in [-0.2, 0) is 19.8 Å². The summed E-state index contributed by atoms with van der Waals surface area (Å²) < 4.78 is 6.17. The number of amidine groups is 2. The summed E-state index contributed by atoms with van der Waals surface area (Å²) in [5, 5.41) is 28.9. The maximum absolute atomic E-state index is 10.3. The molecule has 0 amide bonds. The molecule has 1 aliphatic carbocycles. The van der Waals surface area contributed by atoms with Gasteiger partial charge < -0.3 is 26.6 Å². The zero-order chi connectivity index (χ0) is 24.2. The Morgan fingerprint density at radius 2 is 1.76 bits per heavy atom. The molecule has 0 bridgehead atoms. The zero-order valence-corrected chi connectivity index (χ0v) is 19.2. The molecule has 1 aliphatic rings. The van der Waals surface area contributed by atoms with Gasteiger partial charge in [-0.15, -0.1) is 0 Å². The van der Waals surface area contributed by atoms with Crippen molar-refractivity contribution in [3.63, 3.8) is 0 Å². The second kappa shape index (κ2) is 9.93. The van der Waals surface area contributed by atoms with Crippen molar-refractivity contribution in [1.82, 2.24) is 4.98 Å². The van der Waals surface area contributed by atoms with Gasteiger partial charge in [-0.3, -0.25) is 15.8 Å². The van der Waals surface area contributed by atoms with Crippen molar-refractivity contribution >= 4 is 17.4 Å². The Balaban J connectivity index is 1.60. The fraction of sp³-hybridized carbons (Fsp3) is 0.269. The minimum Gasteiger partial charge on any atom is -0.487 e. The van der Waals surface area contributed by atoms with Gasteiger partial charge in [0.05, 0.1) is 12.3 Å². The third-order valence-electron chi connectivity index (χ3n) is 5.97. The summed E-state index contributed by atoms with van der Waals surface area (Å²) >= 11 is 0. The second-order valence-corrected chi connectivity index (χ2v) is 8.55. The number of ether oxygens (including phenoxy) is 1. The normalized spacial score (nSPS) is 12.9. The van der Waals surface area contributed by atoms with E-state index in [0.29, 0.717) is 29.3 Å². The molecule has 4 rings (SSSR count). The van der Waals surface area contributed by atoms with Crippen molar-refractivity contribution < 1.29 is 9.84 Å². The van der Waals surface area contributed by atoms with Gasteiger partial charge in [0.2, 0.25) is 0 Å². The lowest BCUT2D eigenvalue weighted by atomic mass is 10.0. The number of aromatic nitrogens is 1. The van der Waals surface area contributed by atoms with Crippen molar-refractivity contribution in [2.24, 2.45) is 11.5 Å². The molecule has 176 valence electrons. The van der Waals surface area contributed by atoms with Crippen LogP contribution in [0.3, 0.4) is 0 Å². The Hall–Kier alpha value is -3.91. The molecule has 8 nitrogen and oxygen atoms in total. The molecule has 2 aromatic carbocycles. The molecular formula is C26H30N6O2. The Morgan fingerprint density at radius 3 is 2.38 bits per heavy atom. The number of aliphatic hydroxyl groups excluding tert-OH is 1. The third kappa shape index (κ3) is 5.18. The predicted octanol–water partition coefficient (Wildman–Crippen LogP) is 3.52. The largest absolute Gasteiger partial charge is 0.487 e. The smallest absolute Gasteiger partial charge is 0.146 e. The number of rotatable bonds is 10. The molecule has 0 radical (unpaired) electrons. The molecule has 3 aromatic rings. The number of anilines is 1. The molecule has 0 atom stereocenters. The van der Waals surface area contributed by atoms with Crippen LogP contribution in [0.25, 0.3) is 0 Å². The summed E-state index contributed by atoms with van der Waals surface area (Å²) in [5.74, 6) is 1.03. The first kappa shape index (κ1) is 23.3. The van der Waals surface area contributed by atoms with Gasteiger partial charge in [0.15, 0.2) is 0 Å². The van der Waals surface area contributed by atoms with E-state index in [9.17, 15) is 5.11 Å². The molecule has 8 heteroatoms. The number of pyridine rings is 1. The highest BCUT2D eigenvalue weighted by Gasteiger charge is 2.31. The van der Waals surface area contributed by atoms with Gasteiger partial charge in [0.25, 0.3) is 0 Å². The number of nitrogen functional groups attached to an aromatic ring is 2. The van der Waals surface area contributed by atoms with Crippen LogP contribution in [0.15, 0.2) is 48.5 Å². The van der Waals surface area contributed by atoms with E-state index < -0.39 is 0 Å². The SMILES string of the molecule is Cc1nc(C2CC2)c(CNc2ccc(C(=N)N)cc2)c(CO)c1OCc1cccc(C(=N)N)c1. The molecule has 0 spiro atoms. The molecule has 0 saturated heterocycles. The van der Waals surface area contributed by atoms with E-state index in [-0.39, 0.29) is 24.9 Å². The van der Waals surface area contributed by atoms with Crippen LogP contribution < -0.4 is 21.5 Å². The van der Waals surface area contributed by atoms with E-state index in [1.807, 2.05) is 37.3 Å². The van der Waals surface area contributed by atoms with Crippen LogP contribution >= 0.6 is 0 Å². The number of nitrogens with one attached hydrogen (secondary N) is 3. The summed E-state index contributed by atoms with van der Waals surface area (Å²) in [6, 6.07) is 14.7. The lowest BCUT2D eigenvalue weighted by Crippen LogP contribution is -2.14. The highest BCUT2D eigenvalue weighted by molar-refractivity contribution is 5.95. The minimum atomic E-state index is -0.161. The first-order valence-corrected chi connectivity index (χ1v) is 11.2. The Labute approximate surface area is 199 Å². The fourth-order valence-corrected chi connectivity index (χ4v) is 4.00. The van der Waals surface area contributed by atoms with Gasteiger partial charge in [-0.2, -0.15) is 0 Å². The molecular weight excluding hydrogens is 428 g/mol. The summed E-state index contributed by atoms with van der Waals surface area (Å²) in [5.41, 5.74) is 17.7. The fourth-order valence-electron chi connectivity index (χ4n) is 4.00. The molecule has 0 unspecified atom stereocenters. The van der Waals surface area contributed by atoms with Gasteiger partial charge in [-0.1, -0.05) is 18.2 Å². The number of nitrogens with two attached hydrogens (primary N) is 2. The molecule has 8 N–H and O–H groups in total. The van der Waals surface area contributed by atoms with E-state index in [1.165, 1.54) is 0 Å². The lowest BCUT2D eigenvalue weighted by Gasteiger charge is -2.20. The van der Waals surface area contributed by atoms with Crippen molar-refractivity contribution in [3.05, 3.63) is 87.7 Å². The highest BCUT2D eigenvalue weighted by atomic mass is 16.5. The van der Waals surface area contributed by atoms with Gasteiger partial charge >= 0.3 is 0 Å². The van der Waals surface area contributed by atoms with Crippen LogP contribution in [-0.4, -0.2) is 21.8 Å². The van der Waals surface area contributed by atoms with E-state index in [1.54, 1.807) is 18.2 Å². The molecule has 0 aliphatic heterocycles. The molecule has 1 saturated carbocycles. The quantitative estimate of drug-likeness (QED) is 0.202. The zero-order valence-electron chi connectivity index (χ0n) is 19.2. The Morgan fingerprint density at radius 1 is 1.06 bits per heavy atom. The number of benzene rings is 2. The Bertz CT molecular complexity index is 1220. The van der Waals surface area contributed by atoms with E-state index in [0.717, 1.165) is 46.6 Å². The molecule has 1 aromatic heterocycles. The Kier molecular flexibility index (Phi) is 6.79. The van der Waals surface area contributed by atoms with Gasteiger partial charge in [-0.25, -0.2) is 0 Å². The van der Waals surface area contributed by atoms with Crippen LogP contribution in [0.1, 0.15) is 58.0 Å². The van der Waals surface area contributed by atoms with Crippen molar-refractivity contribution in [3.8, 4) is 5.75 Å². The maximum atomic E-state index is 10.3. The van der Waals surface area contributed by atoms with Crippen molar-refractivity contribution in [1.29, 1.82) is 10.8 Å². The second-order valence-electron chi connectivity index (χ2n) is 8.55.